The zero-order valence-corrected chi connectivity index (χ0v) is 15.1. The maximum Gasteiger partial charge on any atom is 0.219 e. The molecule has 2 unspecified atom stereocenters. The quantitative estimate of drug-likeness (QED) is 0.621. The number of amides is 1. The van der Waals surface area contributed by atoms with Gasteiger partial charge >= 0.3 is 0 Å². The molecule has 0 radical (unpaired) electrons. The van der Waals surface area contributed by atoms with Gasteiger partial charge in [0.25, 0.3) is 0 Å². The highest BCUT2D eigenvalue weighted by Gasteiger charge is 2.42. The molecule has 3 nitrogen and oxygen atoms in total. The van der Waals surface area contributed by atoms with Crippen molar-refractivity contribution in [1.82, 2.24) is 4.90 Å². The molecule has 1 amide bonds. The van der Waals surface area contributed by atoms with E-state index >= 15 is 0 Å². The highest BCUT2D eigenvalue weighted by molar-refractivity contribution is 6.76. The molecule has 0 saturated carbocycles. The molecule has 0 aliphatic carbocycles. The van der Waals surface area contributed by atoms with Gasteiger partial charge in [-0.2, -0.15) is 0 Å². The third-order valence-corrected chi connectivity index (χ3v) is 6.16. The number of hydrogen-bond acceptors (Lipinski definition) is 1. The van der Waals surface area contributed by atoms with E-state index in [1.165, 1.54) is 11.7 Å². The number of benzene rings is 1. The van der Waals surface area contributed by atoms with Crippen molar-refractivity contribution >= 4 is 14.0 Å². The first-order chi connectivity index (χ1) is 9.71. The highest BCUT2D eigenvalue weighted by atomic mass is 28.3. The first kappa shape index (κ1) is 16.2. The van der Waals surface area contributed by atoms with Crippen LogP contribution in [0.3, 0.4) is 0 Å². The Labute approximate surface area is 130 Å². The van der Waals surface area contributed by atoms with Gasteiger partial charge in [-0.25, -0.2) is 0 Å². The van der Waals surface area contributed by atoms with Gasteiger partial charge in [0.2, 0.25) is 5.91 Å². The van der Waals surface area contributed by atoms with Crippen LogP contribution in [0.5, 0.6) is 0 Å². The minimum Gasteiger partial charge on any atom is -0.331 e. The molecule has 0 N–H and O–H groups in total. The Balaban J connectivity index is 2.32. The van der Waals surface area contributed by atoms with Crippen LogP contribution in [-0.2, 0) is 4.79 Å². The monoisotopic (exact) mass is 305 g/mol. The van der Waals surface area contributed by atoms with Gasteiger partial charge in [-0.1, -0.05) is 50.0 Å². The van der Waals surface area contributed by atoms with E-state index in [0.717, 1.165) is 24.1 Å². The van der Waals surface area contributed by atoms with Gasteiger partial charge in [0.1, 0.15) is 14.1 Å². The Morgan fingerprint density at radius 2 is 1.90 bits per heavy atom. The first-order valence-corrected chi connectivity index (χ1v) is 11.6. The fourth-order valence-corrected chi connectivity index (χ4v) is 6.25. The number of likely N-dealkylation sites (N-methyl/N-ethyl adjacent to an activating group) is 1. The summed E-state index contributed by atoms with van der Waals surface area (Å²) < 4.78 is 1.07. The van der Waals surface area contributed by atoms with Crippen molar-refractivity contribution in [2.75, 3.05) is 32.8 Å². The summed E-state index contributed by atoms with van der Waals surface area (Å²) in [5.41, 5.74) is 1.37. The summed E-state index contributed by atoms with van der Waals surface area (Å²) in [6.07, 6.45) is 1.26. The van der Waals surface area contributed by atoms with Crippen molar-refractivity contribution in [1.29, 1.82) is 0 Å². The van der Waals surface area contributed by atoms with Crippen LogP contribution < -0.4 is 0 Å². The molecule has 0 bridgehead atoms. The van der Waals surface area contributed by atoms with Gasteiger partial charge in [0, 0.05) is 12.5 Å². The Hall–Kier alpha value is -1.13. The molecule has 1 aliphatic heterocycles. The molecule has 21 heavy (non-hydrogen) atoms. The summed E-state index contributed by atoms with van der Waals surface area (Å²) in [6.45, 7) is 11.8. The predicted molar refractivity (Wildman–Crippen MR) is 90.7 cm³/mol. The highest BCUT2D eigenvalue weighted by Crippen LogP contribution is 2.32. The fraction of sp³-hybridized carbons (Fsp3) is 0.588. The van der Waals surface area contributed by atoms with Crippen molar-refractivity contribution in [3.8, 4) is 0 Å². The summed E-state index contributed by atoms with van der Waals surface area (Å²) in [5.74, 6) is 0.204. The van der Waals surface area contributed by atoms with Gasteiger partial charge in [-0.3, -0.25) is 4.79 Å². The zero-order valence-electron chi connectivity index (χ0n) is 14.1. The third kappa shape index (κ3) is 3.95. The number of piperazine rings is 1. The third-order valence-electron chi connectivity index (χ3n) is 4.49. The van der Waals surface area contributed by atoms with E-state index in [-0.39, 0.29) is 5.91 Å². The van der Waals surface area contributed by atoms with Gasteiger partial charge in [0.05, 0.1) is 32.8 Å². The summed E-state index contributed by atoms with van der Waals surface area (Å²) in [4.78, 5) is 13.8. The van der Waals surface area contributed by atoms with E-state index in [2.05, 4.69) is 57.0 Å². The second-order valence-electron chi connectivity index (χ2n) is 7.81. The summed E-state index contributed by atoms with van der Waals surface area (Å²) in [7, 11) is 1.21. The molecular formula is C17H29N2OSi+. The molecule has 0 spiro atoms. The Kier molecular flexibility index (Phi) is 4.59. The molecule has 0 aromatic heterocycles. The van der Waals surface area contributed by atoms with Crippen molar-refractivity contribution in [3.63, 3.8) is 0 Å². The van der Waals surface area contributed by atoms with Gasteiger partial charge in [-0.05, 0) is 0 Å². The number of carbonyl (C=O) groups excluding carboxylic acids is 1. The Bertz CT molecular complexity index is 497. The van der Waals surface area contributed by atoms with Crippen LogP contribution in [-0.4, -0.2) is 56.2 Å². The van der Waals surface area contributed by atoms with Crippen molar-refractivity contribution < 1.29 is 9.28 Å². The molecule has 4 heteroatoms. The minimum atomic E-state index is -1.17. The van der Waals surface area contributed by atoms with E-state index in [4.69, 9.17) is 0 Å². The van der Waals surface area contributed by atoms with Gasteiger partial charge < -0.3 is 9.38 Å². The van der Waals surface area contributed by atoms with E-state index in [9.17, 15) is 4.79 Å². The second-order valence-corrected chi connectivity index (χ2v) is 13.3. The number of nitrogens with zero attached hydrogens (tertiary/aromatic N) is 2. The molecular weight excluding hydrogens is 276 g/mol. The first-order valence-electron chi connectivity index (χ1n) is 7.86. The number of hydrogen-bond donors (Lipinski definition) is 0. The van der Waals surface area contributed by atoms with Gasteiger partial charge in [0.15, 0.2) is 0 Å². The standard InChI is InChI=1S/C17H29N2OSi/c1-15(20)18-11-12-19(2,14-21(3,4)5)17(13-18)16-9-7-6-8-10-16/h6-10,17H,11-14H2,1-5H3/q+1. The molecule has 1 aromatic rings. The smallest absolute Gasteiger partial charge is 0.219 e. The lowest BCUT2D eigenvalue weighted by Gasteiger charge is -2.50. The normalized spacial score (nSPS) is 26.7. The number of carbonyl (C=O) groups is 1. The SMILES string of the molecule is CC(=O)N1CC[N+](C)(C[Si](C)(C)C)C(c2ccccc2)C1. The average molecular weight is 306 g/mol. The summed E-state index contributed by atoms with van der Waals surface area (Å²) in [5, 5.41) is 0. The van der Waals surface area contributed by atoms with Crippen molar-refractivity contribution in [2.24, 2.45) is 0 Å². The molecule has 116 valence electrons. The van der Waals surface area contributed by atoms with Crippen LogP contribution >= 0.6 is 0 Å². The second kappa shape index (κ2) is 5.93. The maximum atomic E-state index is 11.8. The average Bonchev–Trinajstić information content (AvgIpc) is 2.37. The van der Waals surface area contributed by atoms with Crippen LogP contribution in [0.4, 0.5) is 0 Å². The van der Waals surface area contributed by atoms with Crippen LogP contribution in [0.25, 0.3) is 0 Å². The molecule has 2 rings (SSSR count). The zero-order chi connectivity index (χ0) is 15.7. The van der Waals surface area contributed by atoms with Crippen LogP contribution in [0.15, 0.2) is 30.3 Å². The fourth-order valence-electron chi connectivity index (χ4n) is 3.70. The molecule has 1 aliphatic rings. The largest absolute Gasteiger partial charge is 0.331 e. The lowest BCUT2D eigenvalue weighted by atomic mass is 10.0. The van der Waals surface area contributed by atoms with E-state index < -0.39 is 8.07 Å². The minimum absolute atomic E-state index is 0.204. The van der Waals surface area contributed by atoms with E-state index in [1.54, 1.807) is 6.92 Å². The van der Waals surface area contributed by atoms with Crippen LogP contribution in [0, 0.1) is 0 Å². The van der Waals surface area contributed by atoms with Crippen LogP contribution in [0.1, 0.15) is 18.5 Å². The molecule has 2 atom stereocenters. The molecule has 1 aromatic carbocycles. The molecule has 1 saturated heterocycles. The van der Waals surface area contributed by atoms with E-state index in [1.807, 2.05) is 4.90 Å². The molecule has 1 heterocycles. The number of quaternary nitrogens is 1. The lowest BCUT2D eigenvalue weighted by molar-refractivity contribution is -0.934. The maximum absolute atomic E-state index is 11.8. The Morgan fingerprint density at radius 1 is 1.29 bits per heavy atom. The topological polar surface area (TPSA) is 20.3 Å². The van der Waals surface area contributed by atoms with Crippen molar-refractivity contribution in [2.45, 2.75) is 32.6 Å². The Morgan fingerprint density at radius 3 is 2.43 bits per heavy atom. The molecule has 1 fully saturated rings. The van der Waals surface area contributed by atoms with Gasteiger partial charge in [-0.15, -0.1) is 0 Å². The van der Waals surface area contributed by atoms with E-state index in [0.29, 0.717) is 6.04 Å². The predicted octanol–water partition coefficient (Wildman–Crippen LogP) is 2.91. The summed E-state index contributed by atoms with van der Waals surface area (Å²) in [6, 6.07) is 11.1. The van der Waals surface area contributed by atoms with Crippen molar-refractivity contribution in [3.05, 3.63) is 35.9 Å². The van der Waals surface area contributed by atoms with Crippen LogP contribution in [0.2, 0.25) is 19.6 Å². The lowest BCUT2D eigenvalue weighted by Crippen LogP contribution is -2.63. The number of rotatable bonds is 3. The summed E-state index contributed by atoms with van der Waals surface area (Å²) >= 11 is 0.